The molecular formula is C27H24ClN3O4S2. The minimum absolute atomic E-state index is 0.217. The third-order valence-corrected chi connectivity index (χ3v) is 9.21. The lowest BCUT2D eigenvalue weighted by atomic mass is 10.2. The molecule has 10 heteroatoms. The molecule has 2 aliphatic rings. The highest BCUT2D eigenvalue weighted by atomic mass is 35.5. The molecular weight excluding hydrogens is 530 g/mol. The predicted octanol–water partition coefficient (Wildman–Crippen LogP) is 4.90. The average molecular weight is 554 g/mol. The Balaban J connectivity index is 1.17. The van der Waals surface area contributed by atoms with Crippen molar-refractivity contribution in [3.63, 3.8) is 0 Å². The fourth-order valence-corrected chi connectivity index (χ4v) is 6.47. The second-order valence-electron chi connectivity index (χ2n) is 8.50. The van der Waals surface area contributed by atoms with Crippen molar-refractivity contribution in [2.24, 2.45) is 4.99 Å². The number of aliphatic imine (C=N–C) groups is 1. The van der Waals surface area contributed by atoms with Gasteiger partial charge in [-0.1, -0.05) is 54.1 Å². The summed E-state index contributed by atoms with van der Waals surface area (Å²) in [5, 5.41) is 1.09. The van der Waals surface area contributed by atoms with Gasteiger partial charge < -0.3 is 9.64 Å². The molecule has 7 nitrogen and oxygen atoms in total. The molecule has 0 aliphatic carbocycles. The van der Waals surface area contributed by atoms with Gasteiger partial charge in [-0.25, -0.2) is 8.42 Å². The lowest BCUT2D eigenvalue weighted by molar-refractivity contribution is -0.113. The number of rotatable bonds is 6. The van der Waals surface area contributed by atoms with E-state index in [4.69, 9.17) is 16.3 Å². The third kappa shape index (κ3) is 6.07. The highest BCUT2D eigenvalue weighted by Gasteiger charge is 2.32. The molecule has 1 amide bonds. The monoisotopic (exact) mass is 553 g/mol. The molecule has 2 heterocycles. The first-order valence-corrected chi connectivity index (χ1v) is 14.3. The average Bonchev–Trinajstić information content (AvgIpc) is 3.29. The highest BCUT2D eigenvalue weighted by molar-refractivity contribution is 8.18. The smallest absolute Gasteiger partial charge is 0.286 e. The summed E-state index contributed by atoms with van der Waals surface area (Å²) in [6, 6.07) is 23.7. The predicted molar refractivity (Wildman–Crippen MR) is 147 cm³/mol. The number of nitrogens with zero attached hydrogens (tertiary/aromatic N) is 3. The summed E-state index contributed by atoms with van der Waals surface area (Å²) in [7, 11) is -3.60. The van der Waals surface area contributed by atoms with Crippen LogP contribution in [0.3, 0.4) is 0 Å². The van der Waals surface area contributed by atoms with Gasteiger partial charge in [0.25, 0.3) is 5.91 Å². The van der Waals surface area contributed by atoms with E-state index < -0.39 is 10.0 Å². The van der Waals surface area contributed by atoms with Crippen molar-refractivity contribution in [2.45, 2.75) is 11.5 Å². The number of carbonyl (C=O) groups excluding carboxylic acids is 1. The SMILES string of the molecule is O=C1N=C(N2CCN(S(=O)(=O)c3ccc(Cl)cc3)CC2)S/C1=C\c1ccc(OCc2ccccc2)cc1. The van der Waals surface area contributed by atoms with E-state index in [1.54, 1.807) is 12.1 Å². The molecule has 190 valence electrons. The normalized spacial score (nSPS) is 17.8. The van der Waals surface area contributed by atoms with Gasteiger partial charge in [0, 0.05) is 31.2 Å². The zero-order chi connectivity index (χ0) is 25.8. The van der Waals surface area contributed by atoms with Gasteiger partial charge in [0.2, 0.25) is 10.0 Å². The molecule has 3 aromatic carbocycles. The molecule has 0 bridgehead atoms. The second kappa shape index (κ2) is 11.1. The van der Waals surface area contributed by atoms with Crippen LogP contribution in [0.2, 0.25) is 5.02 Å². The van der Waals surface area contributed by atoms with Crippen LogP contribution < -0.4 is 4.74 Å². The zero-order valence-electron chi connectivity index (χ0n) is 19.8. The van der Waals surface area contributed by atoms with Crippen molar-refractivity contribution in [1.82, 2.24) is 9.21 Å². The van der Waals surface area contributed by atoms with Crippen LogP contribution in [0.25, 0.3) is 6.08 Å². The molecule has 0 atom stereocenters. The summed E-state index contributed by atoms with van der Waals surface area (Å²) in [6.45, 7) is 2.00. The van der Waals surface area contributed by atoms with E-state index in [-0.39, 0.29) is 10.8 Å². The fraction of sp³-hybridized carbons (Fsp3) is 0.185. The molecule has 37 heavy (non-hydrogen) atoms. The van der Waals surface area contributed by atoms with Crippen LogP contribution in [-0.4, -0.2) is 54.9 Å². The van der Waals surface area contributed by atoms with Crippen LogP contribution in [0.5, 0.6) is 5.75 Å². The van der Waals surface area contributed by atoms with Crippen LogP contribution in [-0.2, 0) is 21.4 Å². The number of amidine groups is 1. The van der Waals surface area contributed by atoms with Crippen molar-refractivity contribution in [1.29, 1.82) is 0 Å². The number of halogens is 1. The minimum atomic E-state index is -3.60. The summed E-state index contributed by atoms with van der Waals surface area (Å²) in [4.78, 5) is 19.5. The number of carbonyl (C=O) groups is 1. The van der Waals surface area contributed by atoms with E-state index in [0.717, 1.165) is 16.9 Å². The molecule has 5 rings (SSSR count). The van der Waals surface area contributed by atoms with Gasteiger partial charge in [-0.3, -0.25) is 4.79 Å². The third-order valence-electron chi connectivity index (χ3n) is 6.00. The Morgan fingerprint density at radius 2 is 1.59 bits per heavy atom. The Morgan fingerprint density at radius 3 is 2.27 bits per heavy atom. The van der Waals surface area contributed by atoms with E-state index in [1.807, 2.05) is 65.6 Å². The van der Waals surface area contributed by atoms with Crippen LogP contribution in [0.15, 0.2) is 93.7 Å². The van der Waals surface area contributed by atoms with Crippen molar-refractivity contribution in [2.75, 3.05) is 26.2 Å². The van der Waals surface area contributed by atoms with Gasteiger partial charge >= 0.3 is 0 Å². The largest absolute Gasteiger partial charge is 0.489 e. The molecule has 0 unspecified atom stereocenters. The number of hydrogen-bond acceptors (Lipinski definition) is 6. The first kappa shape index (κ1) is 25.5. The first-order valence-electron chi connectivity index (χ1n) is 11.7. The number of benzene rings is 3. The van der Waals surface area contributed by atoms with Crippen LogP contribution >= 0.6 is 23.4 Å². The van der Waals surface area contributed by atoms with E-state index >= 15 is 0 Å². The summed E-state index contributed by atoms with van der Waals surface area (Å²) < 4.78 is 33.1. The summed E-state index contributed by atoms with van der Waals surface area (Å²) >= 11 is 7.20. The van der Waals surface area contributed by atoms with Crippen molar-refractivity contribution >= 4 is 50.5 Å². The van der Waals surface area contributed by atoms with Crippen LogP contribution in [0, 0.1) is 0 Å². The molecule has 1 fully saturated rings. The molecule has 2 aliphatic heterocycles. The number of hydrogen-bond donors (Lipinski definition) is 0. The quantitative estimate of drug-likeness (QED) is 0.404. The Hall–Kier alpha value is -3.11. The van der Waals surface area contributed by atoms with E-state index in [9.17, 15) is 13.2 Å². The first-order chi connectivity index (χ1) is 17.9. The maximum atomic E-state index is 12.9. The molecule has 0 aromatic heterocycles. The van der Waals surface area contributed by atoms with Crippen LogP contribution in [0.1, 0.15) is 11.1 Å². The summed E-state index contributed by atoms with van der Waals surface area (Å²) in [6.07, 6.45) is 1.81. The van der Waals surface area contributed by atoms with Gasteiger partial charge in [-0.15, -0.1) is 0 Å². The Kier molecular flexibility index (Phi) is 7.66. The standard InChI is InChI=1S/C27H24ClN3O4S2/c28-22-8-12-24(13-9-22)37(33,34)31-16-14-30(15-17-31)27-29-26(32)25(36-27)18-20-6-10-23(11-7-20)35-19-21-4-2-1-3-5-21/h1-13,18H,14-17,19H2/b25-18-. The van der Waals surface area contributed by atoms with Crippen LogP contribution in [0.4, 0.5) is 0 Å². The van der Waals surface area contributed by atoms with Crippen molar-refractivity contribution in [3.8, 4) is 5.75 Å². The highest BCUT2D eigenvalue weighted by Crippen LogP contribution is 2.31. The second-order valence-corrected chi connectivity index (χ2v) is 11.9. The molecule has 0 radical (unpaired) electrons. The van der Waals surface area contributed by atoms with E-state index in [0.29, 0.717) is 47.9 Å². The molecule has 1 saturated heterocycles. The fourth-order valence-electron chi connectivity index (χ4n) is 3.96. The van der Waals surface area contributed by atoms with Crippen molar-refractivity contribution in [3.05, 3.63) is 99.9 Å². The molecule has 0 spiro atoms. The minimum Gasteiger partial charge on any atom is -0.489 e. The maximum Gasteiger partial charge on any atom is 0.286 e. The number of piperazine rings is 1. The number of thioether (sulfide) groups is 1. The van der Waals surface area contributed by atoms with E-state index in [2.05, 4.69) is 4.99 Å². The number of ether oxygens (including phenoxy) is 1. The summed E-state index contributed by atoms with van der Waals surface area (Å²) in [5.41, 5.74) is 1.97. The van der Waals surface area contributed by atoms with Gasteiger partial charge in [0.1, 0.15) is 12.4 Å². The van der Waals surface area contributed by atoms with Crippen molar-refractivity contribution < 1.29 is 17.9 Å². The lowest BCUT2D eigenvalue weighted by Crippen LogP contribution is -2.49. The Morgan fingerprint density at radius 1 is 0.919 bits per heavy atom. The number of sulfonamides is 1. The Labute approximate surface area is 225 Å². The topological polar surface area (TPSA) is 79.3 Å². The summed E-state index contributed by atoms with van der Waals surface area (Å²) in [5.74, 6) is 0.459. The Bertz CT molecular complexity index is 1430. The van der Waals surface area contributed by atoms with E-state index in [1.165, 1.54) is 28.2 Å². The van der Waals surface area contributed by atoms with Gasteiger partial charge in [0.05, 0.1) is 9.80 Å². The van der Waals surface area contributed by atoms with Gasteiger partial charge in [-0.05, 0) is 65.4 Å². The molecule has 0 N–H and O–H groups in total. The zero-order valence-corrected chi connectivity index (χ0v) is 22.2. The maximum absolute atomic E-state index is 12.9. The molecule has 3 aromatic rings. The van der Waals surface area contributed by atoms with Gasteiger partial charge in [-0.2, -0.15) is 9.30 Å². The number of amides is 1. The van der Waals surface area contributed by atoms with Gasteiger partial charge in [0.15, 0.2) is 5.17 Å². The lowest BCUT2D eigenvalue weighted by Gasteiger charge is -2.34. The molecule has 0 saturated carbocycles.